The quantitative estimate of drug-likeness (QED) is 0.0273. The molecule has 2 aliphatic rings. The van der Waals surface area contributed by atoms with Crippen LogP contribution < -0.4 is 11.1 Å². The predicted molar refractivity (Wildman–Crippen MR) is 256 cm³/mol. The van der Waals surface area contributed by atoms with Crippen LogP contribution in [0.5, 0.6) is 5.75 Å². The molecule has 5 N–H and O–H groups in total. The summed E-state index contributed by atoms with van der Waals surface area (Å²) < 4.78 is 54.0. The highest BCUT2D eigenvalue weighted by atomic mass is 35.7. The molecular weight excluding hydrogens is 848 g/mol. The number of aryl methyl sites for hydroxylation is 2. The lowest BCUT2D eigenvalue weighted by molar-refractivity contribution is -0.0885. The monoisotopic (exact) mass is 915 g/mol. The van der Waals surface area contributed by atoms with Gasteiger partial charge in [0.1, 0.15) is 5.75 Å². The Morgan fingerprint density at radius 3 is 1.65 bits per heavy atom. The number of aromatic hydroxyl groups is 1. The van der Waals surface area contributed by atoms with Crippen LogP contribution in [0.15, 0.2) is 91.0 Å². The average Bonchev–Trinajstić information content (AvgIpc) is 3.26. The molecule has 15 heteroatoms. The van der Waals surface area contributed by atoms with E-state index in [1.165, 1.54) is 119 Å². The first kappa shape index (κ1) is 58.4. The van der Waals surface area contributed by atoms with E-state index >= 15 is 0 Å². The standard InChI is InChI=1S/C12H26O.C10H13N.C10H12O.C8H4F3N2O.C7H9N.CH4.BClO2S/c1-2-3-4-5-6-7-8-9-10-11-12-13;2*11-10-7-3-5-8-4-1-2-6-9(8)10;9-8(10,11)7(14)5-1-3-6(13-12)4-2-5;1-8-7-5-3-2-4-6-7;;1-5(2,3)4/h13H,2-12H2,1H3;3,5,7H,1-2,4,6,11H2;3,5,7,11H,1-2,4,6H2;1-4H;2-6,8H,1H3;1H4;/q;;;+1;;;. The van der Waals surface area contributed by atoms with E-state index in [1.807, 2.05) is 49.5 Å². The second-order valence-electron chi connectivity index (χ2n) is 14.8. The number of Topliss-reactive ketones (excluding diaryl/α,β-unsaturated/α-hetero) is 1. The molecule has 0 atom stereocenters. The molecule has 0 aromatic heterocycles. The van der Waals surface area contributed by atoms with Crippen molar-refractivity contribution in [3.8, 4) is 5.75 Å². The minimum Gasteiger partial charge on any atom is -0.508 e. The van der Waals surface area contributed by atoms with Crippen molar-refractivity contribution in [3.05, 3.63) is 124 Å². The summed E-state index contributed by atoms with van der Waals surface area (Å²) in [5.74, 6) is -1.43. The number of aliphatic hydroxyl groups excluding tert-OH is 1. The molecule has 0 aliphatic heterocycles. The number of nitrogens with one attached hydrogen (secondary N) is 1. The fourth-order valence-electron chi connectivity index (χ4n) is 6.62. The van der Waals surface area contributed by atoms with E-state index < -0.39 is 26.4 Å². The first-order valence-corrected chi connectivity index (χ1v) is 23.7. The fraction of sp³-hybridized carbons (Fsp3) is 0.479. The lowest BCUT2D eigenvalue weighted by Gasteiger charge is -2.16. The van der Waals surface area contributed by atoms with Crippen LogP contribution in [0.3, 0.4) is 0 Å². The molecule has 0 amide bonds. The summed E-state index contributed by atoms with van der Waals surface area (Å²) in [6.07, 6.45) is 18.2. The molecule has 4 aromatic carbocycles. The maximum atomic E-state index is 11.9. The maximum absolute atomic E-state index is 11.9. The molecular formula is C48H68BClF3N4O5S+. The number of phenols is 1. The number of nitrogens with zero attached hydrogens (tertiary/aromatic N) is 2. The average molecular weight is 916 g/mol. The fourth-order valence-corrected chi connectivity index (χ4v) is 6.62. The van der Waals surface area contributed by atoms with E-state index in [-0.39, 0.29) is 13.1 Å². The number of ketones is 1. The van der Waals surface area contributed by atoms with Gasteiger partial charge in [0.05, 0.1) is 0 Å². The number of anilines is 2. The molecule has 0 fully saturated rings. The number of hydrogen-bond acceptors (Lipinski definition) is 8. The van der Waals surface area contributed by atoms with Gasteiger partial charge < -0.3 is 21.3 Å². The summed E-state index contributed by atoms with van der Waals surface area (Å²) >= 11 is 0. The predicted octanol–water partition coefficient (Wildman–Crippen LogP) is 13.2. The number of carbonyl (C=O) groups is 1. The zero-order valence-electron chi connectivity index (χ0n) is 36.2. The number of benzene rings is 4. The van der Waals surface area contributed by atoms with Crippen LogP contribution in [-0.2, 0) is 34.6 Å². The summed E-state index contributed by atoms with van der Waals surface area (Å²) in [4.78, 5) is 13.4. The zero-order valence-corrected chi connectivity index (χ0v) is 37.8. The largest absolute Gasteiger partial charge is 0.508 e. The van der Waals surface area contributed by atoms with Gasteiger partial charge >= 0.3 is 11.9 Å². The van der Waals surface area contributed by atoms with Gasteiger partial charge in [-0.25, -0.2) is 8.42 Å². The Balaban J connectivity index is 0.000000745. The highest BCUT2D eigenvalue weighted by Gasteiger charge is 2.39. The number of nitrogens with two attached hydrogens (primary N) is 1. The normalized spacial score (nSPS) is 12.2. The van der Waals surface area contributed by atoms with Gasteiger partial charge in [0.15, 0.2) is 13.9 Å². The van der Waals surface area contributed by atoms with Crippen molar-refractivity contribution in [2.24, 2.45) is 0 Å². The number of para-hydroxylation sites is 1. The number of hydrogen-bond donors (Lipinski definition) is 4. The molecule has 346 valence electrons. The molecule has 2 radical (unpaired) electrons. The van der Waals surface area contributed by atoms with Crippen LogP contribution in [0.2, 0.25) is 0 Å². The lowest BCUT2D eigenvalue weighted by Crippen LogP contribution is -2.22. The number of nitrogen functional groups attached to an aromatic ring is 1. The second kappa shape index (κ2) is 33.9. The summed E-state index contributed by atoms with van der Waals surface area (Å²) in [6.45, 7) is 2.63. The third-order valence-electron chi connectivity index (χ3n) is 9.88. The van der Waals surface area contributed by atoms with E-state index in [0.717, 1.165) is 54.9 Å². The molecule has 0 heterocycles. The molecule has 4 aromatic rings. The van der Waals surface area contributed by atoms with Crippen molar-refractivity contribution in [1.82, 2.24) is 0 Å². The van der Waals surface area contributed by atoms with Crippen molar-refractivity contribution < 1.29 is 36.6 Å². The third-order valence-corrected chi connectivity index (χ3v) is 9.88. The Labute approximate surface area is 380 Å². The van der Waals surface area contributed by atoms with Crippen LogP contribution in [0.4, 0.5) is 30.2 Å². The van der Waals surface area contributed by atoms with E-state index in [2.05, 4.69) is 53.2 Å². The summed E-state index contributed by atoms with van der Waals surface area (Å²) in [6, 6.07) is 26.3. The highest BCUT2D eigenvalue weighted by molar-refractivity contribution is 8.30. The highest BCUT2D eigenvalue weighted by Crippen LogP contribution is 2.28. The van der Waals surface area contributed by atoms with Crippen molar-refractivity contribution >= 4 is 49.6 Å². The Hall–Kier alpha value is -4.58. The Kier molecular flexibility index (Phi) is 31.4. The van der Waals surface area contributed by atoms with Crippen molar-refractivity contribution in [2.45, 2.75) is 136 Å². The van der Waals surface area contributed by atoms with Crippen LogP contribution >= 0.6 is 10.7 Å². The van der Waals surface area contributed by atoms with Gasteiger partial charge in [-0.1, -0.05) is 115 Å². The van der Waals surface area contributed by atoms with Crippen LogP contribution in [0.1, 0.15) is 137 Å². The molecule has 0 saturated carbocycles. The summed E-state index contributed by atoms with van der Waals surface area (Å²) in [5.41, 5.74) is 13.0. The van der Waals surface area contributed by atoms with Crippen molar-refractivity contribution in [3.63, 3.8) is 0 Å². The number of alkyl halides is 3. The van der Waals surface area contributed by atoms with Gasteiger partial charge in [-0.2, -0.15) is 13.2 Å². The first-order chi connectivity index (χ1) is 29.5. The van der Waals surface area contributed by atoms with E-state index in [9.17, 15) is 31.5 Å². The molecule has 0 bridgehead atoms. The lowest BCUT2D eigenvalue weighted by atomic mass is 9.91. The van der Waals surface area contributed by atoms with Gasteiger partial charge in [0.2, 0.25) is 5.39 Å². The molecule has 9 nitrogen and oxygen atoms in total. The molecule has 0 saturated heterocycles. The van der Waals surface area contributed by atoms with Gasteiger partial charge in [-0.15, -0.1) is 0 Å². The Morgan fingerprint density at radius 1 is 0.762 bits per heavy atom. The van der Waals surface area contributed by atoms with Gasteiger partial charge in [-0.3, -0.25) is 4.79 Å². The van der Waals surface area contributed by atoms with Gasteiger partial charge in [0, 0.05) is 53.4 Å². The van der Waals surface area contributed by atoms with E-state index in [1.54, 1.807) is 6.07 Å². The molecule has 2 aliphatic carbocycles. The minimum absolute atomic E-state index is 0. The molecule has 0 spiro atoms. The Morgan fingerprint density at radius 2 is 1.22 bits per heavy atom. The molecule has 0 unspecified atom stereocenters. The van der Waals surface area contributed by atoms with E-state index in [0.29, 0.717) is 12.4 Å². The van der Waals surface area contributed by atoms with Crippen molar-refractivity contribution in [2.75, 3.05) is 24.7 Å². The number of phenolic OH excluding ortho intramolecular Hbond substituents is 1. The Bertz CT molecular complexity index is 1910. The van der Waals surface area contributed by atoms with Crippen LogP contribution in [0.25, 0.3) is 4.98 Å². The topological polar surface area (TPSA) is 158 Å². The third kappa shape index (κ3) is 28.0. The number of diazo groups is 1. The zero-order chi connectivity index (χ0) is 46.2. The number of aliphatic hydroxyl groups is 1. The molecule has 6 rings (SSSR count). The maximum Gasteiger partial charge on any atom is 0.454 e. The smallest absolute Gasteiger partial charge is 0.454 e. The number of carbonyl (C=O) groups excluding carboxylic acids is 1. The van der Waals surface area contributed by atoms with Gasteiger partial charge in [0.25, 0.3) is 12.9 Å². The number of unbranched alkanes of at least 4 members (excludes halogenated alkanes) is 9. The number of rotatable bonds is 12. The van der Waals surface area contributed by atoms with Crippen molar-refractivity contribution in [1.29, 1.82) is 5.39 Å². The molecule has 63 heavy (non-hydrogen) atoms. The SMILES string of the molecule is C.CCCCCCCCCCCCO.CNc1ccccc1.N#[N+]c1ccc(C(=O)C(F)(F)F)cc1.Nc1cccc2c1CCCC2.Oc1cccc2c1CCCC2.[B]S(=O)(=O)Cl. The first-order valence-electron chi connectivity index (χ1n) is 21.3. The number of fused-ring (bicyclic) bond motifs is 2. The summed E-state index contributed by atoms with van der Waals surface area (Å²) in [5, 5.41) is 29.3. The minimum atomic E-state index is -4.88. The van der Waals surface area contributed by atoms with Crippen LogP contribution in [-0.4, -0.2) is 51.4 Å². The van der Waals surface area contributed by atoms with Crippen LogP contribution in [0, 0.1) is 5.39 Å². The summed E-state index contributed by atoms with van der Waals surface area (Å²) in [7, 11) is 6.59. The number of halogens is 4. The van der Waals surface area contributed by atoms with Gasteiger partial charge in [-0.05, 0) is 116 Å². The van der Waals surface area contributed by atoms with E-state index in [4.69, 9.17) is 16.2 Å². The second-order valence-corrected chi connectivity index (χ2v) is 17.0.